The third-order valence-corrected chi connectivity index (χ3v) is 5.80. The van der Waals surface area contributed by atoms with Crippen molar-refractivity contribution in [2.75, 3.05) is 10.2 Å². The lowest BCUT2D eigenvalue weighted by Crippen LogP contribution is -2.33. The first-order valence-electron chi connectivity index (χ1n) is 10.7. The topological polar surface area (TPSA) is 58.6 Å². The van der Waals surface area contributed by atoms with E-state index in [4.69, 9.17) is 16.3 Å². The van der Waals surface area contributed by atoms with E-state index in [0.29, 0.717) is 33.3 Å². The Hall–Kier alpha value is -3.57. The van der Waals surface area contributed by atoms with Gasteiger partial charge in [0.2, 0.25) is 0 Å². The van der Waals surface area contributed by atoms with Crippen molar-refractivity contribution in [2.45, 2.75) is 33.8 Å². The molecule has 0 spiro atoms. The van der Waals surface area contributed by atoms with Crippen LogP contribution in [0.25, 0.3) is 5.57 Å². The molecule has 0 radical (unpaired) electrons. The summed E-state index contributed by atoms with van der Waals surface area (Å²) >= 11 is 6.29. The van der Waals surface area contributed by atoms with Crippen molar-refractivity contribution in [1.29, 1.82) is 0 Å². The minimum absolute atomic E-state index is 0.0322. The van der Waals surface area contributed by atoms with E-state index in [9.17, 15) is 9.59 Å². The summed E-state index contributed by atoms with van der Waals surface area (Å²) in [5.74, 6) is -0.0993. The molecule has 0 saturated heterocycles. The van der Waals surface area contributed by atoms with Gasteiger partial charge in [0, 0.05) is 10.7 Å². The molecule has 0 saturated carbocycles. The van der Waals surface area contributed by atoms with E-state index in [1.54, 1.807) is 36.4 Å². The van der Waals surface area contributed by atoms with Gasteiger partial charge in [0.25, 0.3) is 11.8 Å². The SMILES string of the molecule is Cc1ccc(NC2=C(c3ccc(OC(C)C)cc3)C(=O)N(c3ccccc3C)C2=O)cc1Cl. The smallest absolute Gasteiger partial charge is 0.282 e. The summed E-state index contributed by atoms with van der Waals surface area (Å²) in [6.07, 6.45) is 0.0322. The lowest BCUT2D eigenvalue weighted by atomic mass is 10.0. The zero-order chi connectivity index (χ0) is 23.7. The molecule has 1 heterocycles. The highest BCUT2D eigenvalue weighted by Gasteiger charge is 2.40. The third kappa shape index (κ3) is 4.50. The molecule has 6 heteroatoms. The Labute approximate surface area is 198 Å². The lowest BCUT2D eigenvalue weighted by molar-refractivity contribution is -0.120. The first kappa shape index (κ1) is 22.6. The number of carbonyl (C=O) groups is 2. The van der Waals surface area contributed by atoms with E-state index in [2.05, 4.69) is 5.32 Å². The number of hydrogen-bond acceptors (Lipinski definition) is 4. The van der Waals surface area contributed by atoms with Crippen LogP contribution < -0.4 is 15.0 Å². The first-order valence-corrected chi connectivity index (χ1v) is 11.1. The van der Waals surface area contributed by atoms with Gasteiger partial charge in [-0.05, 0) is 74.7 Å². The monoisotopic (exact) mass is 460 g/mol. The number of imide groups is 1. The van der Waals surface area contributed by atoms with Crippen LogP contribution >= 0.6 is 11.6 Å². The highest BCUT2D eigenvalue weighted by atomic mass is 35.5. The maximum Gasteiger partial charge on any atom is 0.282 e. The molecule has 0 bridgehead atoms. The second-order valence-electron chi connectivity index (χ2n) is 8.26. The molecule has 168 valence electrons. The molecule has 4 rings (SSSR count). The fraction of sp³-hybridized carbons (Fsp3) is 0.185. The standard InChI is InChI=1S/C27H25ClN2O3/c1-16(2)33-21-13-10-19(11-14-21)24-25(29-20-12-9-17(3)22(28)15-20)27(32)30(26(24)31)23-8-6-5-7-18(23)4/h5-16,29H,1-4H3. The molecule has 0 atom stereocenters. The number of benzene rings is 3. The molecule has 1 aliphatic rings. The minimum atomic E-state index is -0.413. The number of rotatable bonds is 6. The third-order valence-electron chi connectivity index (χ3n) is 5.40. The lowest BCUT2D eigenvalue weighted by Gasteiger charge is -2.17. The van der Waals surface area contributed by atoms with Crippen molar-refractivity contribution < 1.29 is 14.3 Å². The van der Waals surface area contributed by atoms with Crippen LogP contribution in [0.3, 0.4) is 0 Å². The number of carbonyl (C=O) groups excluding carboxylic acids is 2. The van der Waals surface area contributed by atoms with Crippen molar-refractivity contribution in [2.24, 2.45) is 0 Å². The molecule has 0 aromatic heterocycles. The average molecular weight is 461 g/mol. The van der Waals surface area contributed by atoms with Crippen LogP contribution in [0.15, 0.2) is 72.4 Å². The van der Waals surface area contributed by atoms with Crippen LogP contribution in [0.5, 0.6) is 5.75 Å². The summed E-state index contributed by atoms with van der Waals surface area (Å²) in [5.41, 5.74) is 4.08. The van der Waals surface area contributed by atoms with Crippen molar-refractivity contribution >= 4 is 40.4 Å². The molecule has 1 aliphatic heterocycles. The predicted molar refractivity (Wildman–Crippen MR) is 133 cm³/mol. The van der Waals surface area contributed by atoms with Crippen LogP contribution in [0.2, 0.25) is 5.02 Å². The summed E-state index contributed by atoms with van der Waals surface area (Å²) in [5, 5.41) is 3.73. The Bertz CT molecular complexity index is 1260. The molecule has 0 aliphatic carbocycles. The maximum atomic E-state index is 13.6. The molecule has 33 heavy (non-hydrogen) atoms. The Morgan fingerprint density at radius 3 is 2.21 bits per heavy atom. The van der Waals surface area contributed by atoms with Crippen LogP contribution in [0, 0.1) is 13.8 Å². The summed E-state index contributed by atoms with van der Waals surface area (Å²) in [6.45, 7) is 7.68. The zero-order valence-electron chi connectivity index (χ0n) is 19.0. The molecule has 3 aromatic carbocycles. The highest BCUT2D eigenvalue weighted by molar-refractivity contribution is 6.46. The Morgan fingerprint density at radius 2 is 1.58 bits per heavy atom. The van der Waals surface area contributed by atoms with Gasteiger partial charge in [0.15, 0.2) is 0 Å². The number of halogens is 1. The summed E-state index contributed by atoms with van der Waals surface area (Å²) in [4.78, 5) is 28.4. The average Bonchev–Trinajstić information content (AvgIpc) is 3.01. The van der Waals surface area contributed by atoms with Crippen LogP contribution in [-0.2, 0) is 9.59 Å². The fourth-order valence-electron chi connectivity index (χ4n) is 3.73. The summed E-state index contributed by atoms with van der Waals surface area (Å²) < 4.78 is 5.72. The molecular weight excluding hydrogens is 436 g/mol. The van der Waals surface area contributed by atoms with Gasteiger partial charge in [-0.25, -0.2) is 4.90 Å². The van der Waals surface area contributed by atoms with Gasteiger partial charge in [-0.1, -0.05) is 48.0 Å². The number of anilines is 2. The van der Waals surface area contributed by atoms with E-state index < -0.39 is 5.91 Å². The largest absolute Gasteiger partial charge is 0.491 e. The zero-order valence-corrected chi connectivity index (χ0v) is 19.7. The van der Waals surface area contributed by atoms with Gasteiger partial charge in [-0.2, -0.15) is 0 Å². The number of nitrogens with zero attached hydrogens (tertiary/aromatic N) is 1. The minimum Gasteiger partial charge on any atom is -0.491 e. The van der Waals surface area contributed by atoms with E-state index >= 15 is 0 Å². The fourth-order valence-corrected chi connectivity index (χ4v) is 3.91. The summed E-state index contributed by atoms with van der Waals surface area (Å²) in [6, 6.07) is 20.0. The van der Waals surface area contributed by atoms with E-state index in [-0.39, 0.29) is 17.7 Å². The quantitative estimate of drug-likeness (QED) is 0.449. The van der Waals surface area contributed by atoms with Crippen molar-refractivity contribution in [3.05, 3.63) is 94.1 Å². The second kappa shape index (κ2) is 9.12. The molecule has 0 fully saturated rings. The summed E-state index contributed by atoms with van der Waals surface area (Å²) in [7, 11) is 0. The molecule has 1 N–H and O–H groups in total. The Morgan fingerprint density at radius 1 is 0.879 bits per heavy atom. The Kier molecular flexibility index (Phi) is 6.25. The van der Waals surface area contributed by atoms with E-state index in [1.165, 1.54) is 4.90 Å². The van der Waals surface area contributed by atoms with Crippen molar-refractivity contribution in [1.82, 2.24) is 0 Å². The van der Waals surface area contributed by atoms with Gasteiger partial charge < -0.3 is 10.1 Å². The number of amides is 2. The van der Waals surface area contributed by atoms with Gasteiger partial charge in [-0.15, -0.1) is 0 Å². The van der Waals surface area contributed by atoms with Crippen LogP contribution in [0.1, 0.15) is 30.5 Å². The number of nitrogens with one attached hydrogen (secondary N) is 1. The van der Waals surface area contributed by atoms with E-state index in [1.807, 2.05) is 58.0 Å². The molecular formula is C27H25ClN2O3. The van der Waals surface area contributed by atoms with Gasteiger partial charge in [-0.3, -0.25) is 9.59 Å². The molecule has 3 aromatic rings. The molecule has 0 unspecified atom stereocenters. The highest BCUT2D eigenvalue weighted by Crippen LogP contribution is 2.36. The van der Waals surface area contributed by atoms with Gasteiger partial charge >= 0.3 is 0 Å². The molecule has 2 amide bonds. The van der Waals surface area contributed by atoms with Crippen LogP contribution in [-0.4, -0.2) is 17.9 Å². The van der Waals surface area contributed by atoms with Gasteiger partial charge in [0.05, 0.1) is 17.4 Å². The predicted octanol–water partition coefficient (Wildman–Crippen LogP) is 6.14. The molecule has 5 nitrogen and oxygen atoms in total. The number of hydrogen-bond donors (Lipinski definition) is 1. The van der Waals surface area contributed by atoms with Crippen molar-refractivity contribution in [3.8, 4) is 5.75 Å². The number of para-hydroxylation sites is 1. The first-order chi connectivity index (χ1) is 15.8. The van der Waals surface area contributed by atoms with Crippen LogP contribution in [0.4, 0.5) is 11.4 Å². The normalized spacial score (nSPS) is 13.8. The maximum absolute atomic E-state index is 13.6. The number of ether oxygens (including phenoxy) is 1. The van der Waals surface area contributed by atoms with Gasteiger partial charge in [0.1, 0.15) is 11.4 Å². The van der Waals surface area contributed by atoms with E-state index in [0.717, 1.165) is 11.1 Å². The second-order valence-corrected chi connectivity index (χ2v) is 8.67. The Balaban J connectivity index is 1.80. The van der Waals surface area contributed by atoms with Crippen molar-refractivity contribution in [3.63, 3.8) is 0 Å². The number of aryl methyl sites for hydroxylation is 2.